The highest BCUT2D eigenvalue weighted by molar-refractivity contribution is 6.01. The van der Waals surface area contributed by atoms with Crippen LogP contribution < -0.4 is 11.3 Å². The number of fused-ring (bicyclic) bond motifs is 3. The van der Waals surface area contributed by atoms with Crippen molar-refractivity contribution in [2.45, 2.75) is 0 Å². The quantitative estimate of drug-likeness (QED) is 0.397. The van der Waals surface area contributed by atoms with E-state index < -0.39 is 11.3 Å². The lowest BCUT2D eigenvalue weighted by Crippen LogP contribution is -2.07. The van der Waals surface area contributed by atoms with Crippen molar-refractivity contribution in [1.82, 2.24) is 0 Å². The Balaban J connectivity index is 2.15. The molecule has 4 rings (SSSR count). The molecule has 4 aromatic rings. The van der Waals surface area contributed by atoms with Gasteiger partial charge in [-0.3, -0.25) is 0 Å². The highest BCUT2D eigenvalue weighted by Gasteiger charge is 2.14. The first-order valence-corrected chi connectivity index (χ1v) is 6.79. The minimum Gasteiger partial charge on any atom is -0.422 e. The summed E-state index contributed by atoms with van der Waals surface area (Å²) in [5.74, 6) is 0. The maximum absolute atomic E-state index is 12.3. The van der Waals surface area contributed by atoms with E-state index in [9.17, 15) is 9.59 Å². The topological polar surface area (TPSA) is 60.4 Å². The molecular weight excluding hydrogens is 280 g/mol. The maximum atomic E-state index is 12.3. The maximum Gasteiger partial charge on any atom is 0.347 e. The fraction of sp³-hybridized carbons (Fsp3) is 0. The summed E-state index contributed by atoms with van der Waals surface area (Å²) in [4.78, 5) is 24.4. The van der Waals surface area contributed by atoms with Crippen LogP contribution in [0.5, 0.6) is 0 Å². The van der Waals surface area contributed by atoms with Crippen molar-refractivity contribution in [1.29, 1.82) is 0 Å². The molecule has 0 N–H and O–H groups in total. The van der Waals surface area contributed by atoms with Gasteiger partial charge in [-0.1, -0.05) is 42.5 Å². The monoisotopic (exact) mass is 290 g/mol. The van der Waals surface area contributed by atoms with E-state index >= 15 is 0 Å². The van der Waals surface area contributed by atoms with Gasteiger partial charge in [-0.25, -0.2) is 9.59 Å². The van der Waals surface area contributed by atoms with Gasteiger partial charge in [0.1, 0.15) is 11.0 Å². The first kappa shape index (κ1) is 12.6. The number of benzene rings is 2. The summed E-state index contributed by atoms with van der Waals surface area (Å²) in [5, 5.41) is 0.867. The van der Waals surface area contributed by atoms with Gasteiger partial charge >= 0.3 is 11.3 Å². The second-order valence-electron chi connectivity index (χ2n) is 4.94. The van der Waals surface area contributed by atoms with Gasteiger partial charge in [0, 0.05) is 0 Å². The summed E-state index contributed by atoms with van der Waals surface area (Å²) in [6, 6.07) is 17.6. The van der Waals surface area contributed by atoms with Gasteiger partial charge in [0.05, 0.1) is 10.9 Å². The zero-order valence-corrected chi connectivity index (χ0v) is 11.4. The third kappa shape index (κ3) is 1.85. The van der Waals surface area contributed by atoms with Gasteiger partial charge in [0.25, 0.3) is 0 Å². The molecule has 0 amide bonds. The van der Waals surface area contributed by atoms with Crippen LogP contribution in [-0.2, 0) is 0 Å². The van der Waals surface area contributed by atoms with Crippen molar-refractivity contribution in [3.05, 3.63) is 81.5 Å². The zero-order valence-electron chi connectivity index (χ0n) is 11.4. The summed E-state index contributed by atoms with van der Waals surface area (Å²) >= 11 is 0. The largest absolute Gasteiger partial charge is 0.422 e. The van der Waals surface area contributed by atoms with Crippen molar-refractivity contribution in [2.75, 3.05) is 0 Å². The van der Waals surface area contributed by atoms with Crippen molar-refractivity contribution in [2.24, 2.45) is 0 Å². The summed E-state index contributed by atoms with van der Waals surface area (Å²) < 4.78 is 10.7. The lowest BCUT2D eigenvalue weighted by Gasteiger charge is -2.04. The lowest BCUT2D eigenvalue weighted by molar-refractivity contribution is 0.544. The van der Waals surface area contributed by atoms with Crippen molar-refractivity contribution >= 4 is 21.9 Å². The summed E-state index contributed by atoms with van der Waals surface area (Å²) in [7, 11) is 0. The van der Waals surface area contributed by atoms with Crippen LogP contribution in [0.4, 0.5) is 0 Å². The van der Waals surface area contributed by atoms with E-state index in [0.29, 0.717) is 22.1 Å². The Morgan fingerprint density at radius 2 is 1.41 bits per heavy atom. The fourth-order valence-corrected chi connectivity index (χ4v) is 2.54. The normalized spacial score (nSPS) is 11.1. The van der Waals surface area contributed by atoms with Gasteiger partial charge in [-0.2, -0.15) is 0 Å². The van der Waals surface area contributed by atoms with Gasteiger partial charge in [-0.15, -0.1) is 0 Å². The Morgan fingerprint density at radius 3 is 2.23 bits per heavy atom. The molecule has 2 aromatic carbocycles. The molecule has 0 bridgehead atoms. The van der Waals surface area contributed by atoms with Crippen molar-refractivity contribution in [3.8, 4) is 11.1 Å². The Kier molecular flexibility index (Phi) is 2.69. The molecule has 106 valence electrons. The van der Waals surface area contributed by atoms with Gasteiger partial charge < -0.3 is 8.83 Å². The molecule has 22 heavy (non-hydrogen) atoms. The predicted octanol–water partition coefficient (Wildman–Crippen LogP) is 3.57. The van der Waals surface area contributed by atoms with E-state index in [1.807, 2.05) is 18.2 Å². The Hall–Kier alpha value is -3.14. The fourth-order valence-electron chi connectivity index (χ4n) is 2.54. The minimum absolute atomic E-state index is 0.261. The summed E-state index contributed by atoms with van der Waals surface area (Å²) in [6.45, 7) is 0. The van der Waals surface area contributed by atoms with E-state index in [-0.39, 0.29) is 11.0 Å². The first-order chi connectivity index (χ1) is 10.7. The van der Waals surface area contributed by atoms with E-state index in [0.717, 1.165) is 0 Å². The zero-order chi connectivity index (χ0) is 15.1. The molecule has 0 fully saturated rings. The first-order valence-electron chi connectivity index (χ1n) is 6.79. The van der Waals surface area contributed by atoms with Crippen LogP contribution in [0.25, 0.3) is 33.1 Å². The molecule has 0 aliphatic carbocycles. The lowest BCUT2D eigenvalue weighted by atomic mass is 10.1. The minimum atomic E-state index is -0.519. The highest BCUT2D eigenvalue weighted by Crippen LogP contribution is 2.24. The summed E-state index contributed by atoms with van der Waals surface area (Å²) in [5.41, 5.74) is 0.706. The van der Waals surface area contributed by atoms with Crippen LogP contribution in [0.15, 0.2) is 79.1 Å². The standard InChI is InChI=1S/C18H10O4/c19-17-13(11-6-2-1-3-7-11)10-14-16(22-17)12-8-4-5-9-15(12)21-18(14)20/h1-10H. The third-order valence-corrected chi connectivity index (χ3v) is 3.59. The average molecular weight is 290 g/mol. The molecule has 0 spiro atoms. The molecule has 2 heterocycles. The van der Waals surface area contributed by atoms with Crippen molar-refractivity contribution < 1.29 is 8.83 Å². The van der Waals surface area contributed by atoms with Crippen LogP contribution in [-0.4, -0.2) is 0 Å². The molecule has 0 atom stereocenters. The number of hydrogen-bond donors (Lipinski definition) is 0. The number of rotatable bonds is 1. The second-order valence-corrected chi connectivity index (χ2v) is 4.94. The van der Waals surface area contributed by atoms with Crippen LogP contribution in [0, 0.1) is 0 Å². The molecule has 0 aliphatic rings. The molecule has 0 saturated heterocycles. The van der Waals surface area contributed by atoms with Crippen molar-refractivity contribution in [3.63, 3.8) is 0 Å². The molecule has 2 aromatic heterocycles. The van der Waals surface area contributed by atoms with E-state index in [1.54, 1.807) is 36.4 Å². The average Bonchev–Trinajstić information content (AvgIpc) is 2.55. The van der Waals surface area contributed by atoms with Crippen LogP contribution in [0.3, 0.4) is 0 Å². The Morgan fingerprint density at radius 1 is 0.682 bits per heavy atom. The number of para-hydroxylation sites is 1. The molecular formula is C18H10O4. The molecule has 4 nitrogen and oxygen atoms in total. The smallest absolute Gasteiger partial charge is 0.347 e. The van der Waals surface area contributed by atoms with E-state index in [4.69, 9.17) is 8.83 Å². The predicted molar refractivity (Wildman–Crippen MR) is 84.0 cm³/mol. The van der Waals surface area contributed by atoms with Gasteiger partial charge in [0.15, 0.2) is 5.58 Å². The van der Waals surface area contributed by atoms with Gasteiger partial charge in [0.2, 0.25) is 0 Å². The highest BCUT2D eigenvalue weighted by atomic mass is 16.4. The third-order valence-electron chi connectivity index (χ3n) is 3.59. The van der Waals surface area contributed by atoms with Gasteiger partial charge in [-0.05, 0) is 23.8 Å². The Labute approximate surface area is 124 Å². The molecule has 0 radical (unpaired) electrons. The SMILES string of the molecule is O=c1oc2c(cc1-c1ccccc1)c(=O)oc1ccccc12. The number of hydrogen-bond acceptors (Lipinski definition) is 4. The molecule has 0 saturated carbocycles. The molecule has 4 heteroatoms. The molecule has 0 aliphatic heterocycles. The van der Waals surface area contributed by atoms with Crippen LogP contribution in [0.2, 0.25) is 0 Å². The molecule has 0 unspecified atom stereocenters. The Bertz CT molecular complexity index is 1100. The summed E-state index contributed by atoms with van der Waals surface area (Å²) in [6.07, 6.45) is 0. The van der Waals surface area contributed by atoms with E-state index in [1.165, 1.54) is 6.07 Å². The van der Waals surface area contributed by atoms with Crippen LogP contribution >= 0.6 is 0 Å². The second kappa shape index (κ2) is 4.70. The van der Waals surface area contributed by atoms with E-state index in [2.05, 4.69) is 0 Å². The van der Waals surface area contributed by atoms with Crippen LogP contribution in [0.1, 0.15) is 0 Å².